The topological polar surface area (TPSA) is 148 Å². The highest BCUT2D eigenvalue weighted by atomic mass is 19.1. The highest BCUT2D eigenvalue weighted by molar-refractivity contribution is 6.06. The maximum atomic E-state index is 15.4. The summed E-state index contributed by atoms with van der Waals surface area (Å²) in [6.07, 6.45) is 3.83. The molecule has 0 radical (unpaired) electrons. The second-order valence-electron chi connectivity index (χ2n) is 15.0. The first-order valence-electron chi connectivity index (χ1n) is 19.3. The number of carbonyl (C=O) groups excluding carboxylic acids is 3. The lowest BCUT2D eigenvalue weighted by molar-refractivity contribution is -0.138. The van der Waals surface area contributed by atoms with Crippen LogP contribution in [0.5, 0.6) is 5.88 Å². The number of fused-ring (bicyclic) bond motifs is 2. The van der Waals surface area contributed by atoms with E-state index in [1.807, 2.05) is 50.4 Å². The van der Waals surface area contributed by atoms with Gasteiger partial charge in [-0.15, -0.1) is 0 Å². The van der Waals surface area contributed by atoms with Crippen molar-refractivity contribution in [3.05, 3.63) is 89.5 Å². The fourth-order valence-corrected chi connectivity index (χ4v) is 8.10. The van der Waals surface area contributed by atoms with Crippen molar-refractivity contribution in [2.75, 3.05) is 79.4 Å². The first-order valence-corrected chi connectivity index (χ1v) is 19.3. The number of hydrogen-bond donors (Lipinski definition) is 3. The zero-order valence-electron chi connectivity index (χ0n) is 31.8. The highest BCUT2D eigenvalue weighted by Crippen LogP contribution is 2.36. The number of benzene rings is 3. The maximum absolute atomic E-state index is 15.4. The number of nitrogens with zero attached hydrogens (tertiary/aromatic N) is 7. The predicted octanol–water partition coefficient (Wildman–Crippen LogP) is 5.02. The number of halogens is 1. The van der Waals surface area contributed by atoms with E-state index >= 15 is 4.39 Å². The molecule has 5 aromatic rings. The lowest BCUT2D eigenvalue weighted by Crippen LogP contribution is -2.64. The molecule has 57 heavy (non-hydrogen) atoms. The smallest absolute Gasteiger partial charge is 0.328 e. The van der Waals surface area contributed by atoms with Crippen LogP contribution in [0.2, 0.25) is 0 Å². The van der Waals surface area contributed by atoms with Gasteiger partial charge in [0.15, 0.2) is 0 Å². The van der Waals surface area contributed by atoms with Crippen LogP contribution in [0.4, 0.5) is 37.9 Å². The van der Waals surface area contributed by atoms with Crippen LogP contribution in [0.1, 0.15) is 23.1 Å². The summed E-state index contributed by atoms with van der Waals surface area (Å²) in [6.45, 7) is 10.4. The number of urea groups is 1. The van der Waals surface area contributed by atoms with Crippen molar-refractivity contribution in [2.45, 2.75) is 32.7 Å². The molecule has 292 valence electrons. The Labute approximate surface area is 329 Å². The van der Waals surface area contributed by atoms with Gasteiger partial charge in [0.05, 0.1) is 11.9 Å². The number of piperazine rings is 1. The first kappa shape index (κ1) is 36.3. The molecular weight excluding hydrogens is 728 g/mol. The molecule has 6 heterocycles. The second kappa shape index (κ2) is 15.0. The van der Waals surface area contributed by atoms with Crippen LogP contribution in [0.3, 0.4) is 0 Å². The van der Waals surface area contributed by atoms with E-state index in [1.165, 1.54) is 6.07 Å². The average molecular weight is 771 g/mol. The summed E-state index contributed by atoms with van der Waals surface area (Å²) in [5, 5.41) is 9.76. The lowest BCUT2D eigenvalue weighted by Gasteiger charge is -2.48. The van der Waals surface area contributed by atoms with Crippen LogP contribution in [-0.2, 0) is 16.0 Å². The van der Waals surface area contributed by atoms with E-state index in [0.29, 0.717) is 49.3 Å². The minimum atomic E-state index is -0.463. The molecular formula is C42H43FN10O4. The van der Waals surface area contributed by atoms with Crippen molar-refractivity contribution in [3.8, 4) is 17.0 Å². The zero-order valence-corrected chi connectivity index (χ0v) is 31.8. The third-order valence-corrected chi connectivity index (χ3v) is 11.4. The Bertz CT molecular complexity index is 2410. The van der Waals surface area contributed by atoms with Crippen molar-refractivity contribution in [2.24, 2.45) is 0 Å². The summed E-state index contributed by atoms with van der Waals surface area (Å²) in [5.74, 6) is 0.148. The number of amides is 4. The SMILES string of the molecule is Cc1cc(N2CCN(C3CN(C(=O)Cc4ccc(Nc5ncc6ccc(-c7cnc8c(c7C)NCCO8)cc6n5)cc4F)C3)CC2)ccc1N1CCC(=O)NC1=O. The van der Waals surface area contributed by atoms with Gasteiger partial charge in [0, 0.05) is 105 Å². The molecule has 14 nitrogen and oxygen atoms in total. The van der Waals surface area contributed by atoms with Crippen molar-refractivity contribution in [1.82, 2.24) is 30.1 Å². The number of hydrogen-bond acceptors (Lipinski definition) is 11. The minimum absolute atomic E-state index is 0.00871. The second-order valence-corrected chi connectivity index (χ2v) is 15.0. The van der Waals surface area contributed by atoms with Gasteiger partial charge in [-0.05, 0) is 72.5 Å². The van der Waals surface area contributed by atoms with Gasteiger partial charge in [-0.3, -0.25) is 24.7 Å². The molecule has 4 aliphatic rings. The summed E-state index contributed by atoms with van der Waals surface area (Å²) >= 11 is 0. The molecule has 3 N–H and O–H groups in total. The normalized spacial score (nSPS) is 17.4. The Hall–Kier alpha value is -6.35. The molecule has 0 spiro atoms. The molecule has 0 saturated carbocycles. The van der Waals surface area contributed by atoms with E-state index in [9.17, 15) is 14.4 Å². The molecule has 0 atom stereocenters. The molecule has 4 amide bonds. The molecule has 3 saturated heterocycles. The van der Waals surface area contributed by atoms with E-state index in [4.69, 9.17) is 9.72 Å². The highest BCUT2D eigenvalue weighted by Gasteiger charge is 2.36. The molecule has 15 heteroatoms. The first-order chi connectivity index (χ1) is 27.7. The summed E-state index contributed by atoms with van der Waals surface area (Å²) < 4.78 is 21.0. The number of pyridine rings is 1. The van der Waals surface area contributed by atoms with Gasteiger partial charge in [-0.1, -0.05) is 18.2 Å². The summed E-state index contributed by atoms with van der Waals surface area (Å²) in [5.41, 5.74) is 8.34. The van der Waals surface area contributed by atoms with Gasteiger partial charge in [0.1, 0.15) is 18.1 Å². The largest absolute Gasteiger partial charge is 0.474 e. The third kappa shape index (κ3) is 7.26. The third-order valence-electron chi connectivity index (χ3n) is 11.4. The van der Waals surface area contributed by atoms with Crippen LogP contribution in [0.15, 0.2) is 67.0 Å². The van der Waals surface area contributed by atoms with Crippen molar-refractivity contribution < 1.29 is 23.5 Å². The van der Waals surface area contributed by atoms with Crippen molar-refractivity contribution in [3.63, 3.8) is 0 Å². The van der Waals surface area contributed by atoms with Crippen LogP contribution >= 0.6 is 0 Å². The van der Waals surface area contributed by atoms with Gasteiger partial charge in [0.25, 0.3) is 0 Å². The fraction of sp³-hybridized carbons (Fsp3) is 0.333. The van der Waals surface area contributed by atoms with E-state index in [0.717, 1.165) is 82.9 Å². The Morgan fingerprint density at radius 2 is 1.81 bits per heavy atom. The maximum Gasteiger partial charge on any atom is 0.328 e. The van der Waals surface area contributed by atoms with Crippen molar-refractivity contribution in [1.29, 1.82) is 0 Å². The Balaban J connectivity index is 0.768. The van der Waals surface area contributed by atoms with Crippen LogP contribution in [-0.4, -0.2) is 108 Å². The quantitative estimate of drug-likeness (QED) is 0.196. The average Bonchev–Trinajstić information content (AvgIpc) is 3.19. The number of aromatic nitrogens is 3. The summed E-state index contributed by atoms with van der Waals surface area (Å²) in [7, 11) is 0. The van der Waals surface area contributed by atoms with E-state index in [1.54, 1.807) is 28.1 Å². The Morgan fingerprint density at radius 1 is 0.965 bits per heavy atom. The number of ether oxygens (including phenoxy) is 1. The van der Waals surface area contributed by atoms with Gasteiger partial charge >= 0.3 is 6.03 Å². The number of nitrogens with one attached hydrogen (secondary N) is 3. The molecule has 0 aliphatic carbocycles. The standard InChI is InChI=1S/C42H43FN10O4/c1-25-17-31(7-8-36(25)53-11-9-37(54)49-42(53)56)50-12-14-51(15-13-50)32-23-52(24-32)38(55)19-28-5-6-30(20-34(28)43)47-41-46-21-29-4-3-27(18-35(29)48-41)33-22-45-40-39(26(33)2)44-10-16-57-40/h3-8,17-18,20-22,32,44H,9-16,19,23-24H2,1-2H3,(H,46,47,48)(H,49,54,56). The number of carbonyl (C=O) groups is 3. The monoisotopic (exact) mass is 770 g/mol. The Kier molecular flexibility index (Phi) is 9.52. The van der Waals surface area contributed by atoms with Gasteiger partial charge < -0.3 is 25.2 Å². The van der Waals surface area contributed by atoms with E-state index in [-0.39, 0.29) is 36.7 Å². The molecule has 3 aromatic carbocycles. The number of likely N-dealkylation sites (tertiary alicyclic amines) is 1. The summed E-state index contributed by atoms with van der Waals surface area (Å²) in [4.78, 5) is 58.9. The van der Waals surface area contributed by atoms with Crippen molar-refractivity contribution >= 4 is 57.4 Å². The lowest BCUT2D eigenvalue weighted by atomic mass is 10.00. The Morgan fingerprint density at radius 3 is 2.60 bits per heavy atom. The minimum Gasteiger partial charge on any atom is -0.474 e. The zero-order chi connectivity index (χ0) is 39.2. The number of aryl methyl sites for hydroxylation is 1. The molecule has 0 bridgehead atoms. The fourth-order valence-electron chi connectivity index (χ4n) is 8.10. The number of anilines is 5. The van der Waals surface area contributed by atoms with E-state index < -0.39 is 5.82 Å². The molecule has 0 unspecified atom stereocenters. The van der Waals surface area contributed by atoms with Gasteiger partial charge in [0.2, 0.25) is 23.6 Å². The predicted molar refractivity (Wildman–Crippen MR) is 216 cm³/mol. The van der Waals surface area contributed by atoms with Crippen LogP contribution in [0, 0.1) is 19.7 Å². The molecule has 3 fully saturated rings. The van der Waals surface area contributed by atoms with Crippen LogP contribution in [0.25, 0.3) is 22.0 Å². The van der Waals surface area contributed by atoms with Gasteiger partial charge in [-0.2, -0.15) is 0 Å². The molecule has 9 rings (SSSR count). The van der Waals surface area contributed by atoms with Gasteiger partial charge in [-0.25, -0.2) is 24.1 Å². The molecule has 2 aromatic heterocycles. The number of imide groups is 1. The van der Waals surface area contributed by atoms with E-state index in [2.05, 4.69) is 41.8 Å². The number of rotatable bonds is 8. The summed E-state index contributed by atoms with van der Waals surface area (Å²) in [6, 6.07) is 16.7. The molecule has 4 aliphatic heterocycles. The van der Waals surface area contributed by atoms with Crippen LogP contribution < -0.4 is 30.5 Å².